The molecule has 6 heterocycles. The average Bonchev–Trinajstić information content (AvgIpc) is 3.72. The van der Waals surface area contributed by atoms with Crippen LogP contribution in [-0.2, 0) is 13.6 Å². The number of rotatable bonds is 8. The van der Waals surface area contributed by atoms with Gasteiger partial charge in [-0.3, -0.25) is 19.0 Å². The summed E-state index contributed by atoms with van der Waals surface area (Å²) in [6, 6.07) is 14.3. The molecule has 1 fully saturated rings. The summed E-state index contributed by atoms with van der Waals surface area (Å²) < 4.78 is 3.47. The van der Waals surface area contributed by atoms with Crippen LogP contribution in [-0.4, -0.2) is 53.4 Å². The first-order chi connectivity index (χ1) is 21.5. The molecule has 222 valence electrons. The number of fused-ring (bicyclic) bond motifs is 1. The van der Waals surface area contributed by atoms with Crippen LogP contribution in [0.2, 0.25) is 0 Å². The second-order valence-corrected chi connectivity index (χ2v) is 11.9. The normalized spacial score (nSPS) is 15.0. The van der Waals surface area contributed by atoms with Crippen molar-refractivity contribution < 1.29 is 0 Å². The number of benzene rings is 1. The van der Waals surface area contributed by atoms with Crippen molar-refractivity contribution in [1.29, 1.82) is 0 Å². The van der Waals surface area contributed by atoms with Crippen molar-refractivity contribution in [1.82, 2.24) is 39.6 Å². The lowest BCUT2D eigenvalue weighted by Gasteiger charge is -2.24. The molecule has 0 spiro atoms. The lowest BCUT2D eigenvalue weighted by molar-refractivity contribution is 0.480. The van der Waals surface area contributed by atoms with Crippen LogP contribution in [0.3, 0.4) is 0 Å². The van der Waals surface area contributed by atoms with Crippen molar-refractivity contribution in [3.8, 4) is 22.5 Å². The Morgan fingerprint density at radius 3 is 2.64 bits per heavy atom. The van der Waals surface area contributed by atoms with Gasteiger partial charge in [0, 0.05) is 72.1 Å². The Morgan fingerprint density at radius 2 is 1.91 bits per heavy atom. The summed E-state index contributed by atoms with van der Waals surface area (Å²) in [7, 11) is 1.89. The highest BCUT2D eigenvalue weighted by atomic mass is 32.1. The standard InChI is InChI=1S/C32H32N10OS/c1-20-14-21(27-9-11-37-41(27)2)16-35-29(20)26-15-22-17-36-32(40-30(22)42(31(26)43)19-28-34-12-13-44-28)39-24-7-5-23(6-8-24)38-25-4-3-10-33-18-25/h5-9,11-17,25,33,38H,3-4,10,18-19H2,1-2H3,(H,36,39,40). The molecule has 1 unspecified atom stereocenters. The minimum absolute atomic E-state index is 0.186. The van der Waals surface area contributed by atoms with Crippen LogP contribution in [0.5, 0.6) is 0 Å². The van der Waals surface area contributed by atoms with E-state index in [2.05, 4.69) is 43.1 Å². The van der Waals surface area contributed by atoms with Gasteiger partial charge in [-0.25, -0.2) is 9.97 Å². The van der Waals surface area contributed by atoms with Crippen molar-refractivity contribution in [3.63, 3.8) is 0 Å². The Balaban J connectivity index is 1.22. The number of nitrogens with one attached hydrogen (secondary N) is 3. The molecule has 0 amide bonds. The van der Waals surface area contributed by atoms with E-state index in [-0.39, 0.29) is 5.56 Å². The third-order valence-corrected chi connectivity index (χ3v) is 8.63. The van der Waals surface area contributed by atoms with Crippen LogP contribution in [0.15, 0.2) is 77.4 Å². The summed E-state index contributed by atoms with van der Waals surface area (Å²) in [6.45, 7) is 4.32. The van der Waals surface area contributed by atoms with E-state index in [0.29, 0.717) is 35.4 Å². The van der Waals surface area contributed by atoms with E-state index in [0.717, 1.165) is 58.1 Å². The van der Waals surface area contributed by atoms with Gasteiger partial charge in [-0.15, -0.1) is 11.3 Å². The molecule has 6 aromatic rings. The Labute approximate surface area is 258 Å². The Kier molecular flexibility index (Phi) is 7.59. The maximum Gasteiger partial charge on any atom is 0.262 e. The van der Waals surface area contributed by atoms with Crippen molar-refractivity contribution in [2.75, 3.05) is 23.7 Å². The van der Waals surface area contributed by atoms with Gasteiger partial charge in [-0.05, 0) is 74.3 Å². The fourth-order valence-electron chi connectivity index (χ4n) is 5.65. The maximum absolute atomic E-state index is 14.1. The fraction of sp³-hybridized carbons (Fsp3) is 0.250. The molecule has 1 atom stereocenters. The van der Waals surface area contributed by atoms with Crippen molar-refractivity contribution in [2.45, 2.75) is 32.4 Å². The van der Waals surface area contributed by atoms with Gasteiger partial charge in [0.25, 0.3) is 5.56 Å². The van der Waals surface area contributed by atoms with Crippen molar-refractivity contribution in [2.24, 2.45) is 7.05 Å². The molecule has 44 heavy (non-hydrogen) atoms. The number of anilines is 3. The first kappa shape index (κ1) is 27.9. The molecule has 12 heteroatoms. The van der Waals surface area contributed by atoms with E-state index < -0.39 is 0 Å². The number of nitrogens with zero attached hydrogens (tertiary/aromatic N) is 7. The van der Waals surface area contributed by atoms with Crippen LogP contribution in [0, 0.1) is 6.92 Å². The number of piperidine rings is 1. The van der Waals surface area contributed by atoms with Gasteiger partial charge in [0.05, 0.1) is 23.5 Å². The molecular weight excluding hydrogens is 572 g/mol. The summed E-state index contributed by atoms with van der Waals surface area (Å²) in [5.41, 5.74) is 6.16. The highest BCUT2D eigenvalue weighted by Gasteiger charge is 2.18. The molecule has 1 aromatic carbocycles. The zero-order chi connectivity index (χ0) is 30.0. The molecule has 0 radical (unpaired) electrons. The van der Waals surface area contributed by atoms with Gasteiger partial charge in [0.1, 0.15) is 10.7 Å². The van der Waals surface area contributed by atoms with Crippen LogP contribution in [0.1, 0.15) is 23.4 Å². The largest absolute Gasteiger partial charge is 0.381 e. The molecule has 0 aliphatic carbocycles. The van der Waals surface area contributed by atoms with Crippen LogP contribution < -0.4 is 21.5 Å². The summed E-state index contributed by atoms with van der Waals surface area (Å²) in [5.74, 6) is 0.407. The van der Waals surface area contributed by atoms with Gasteiger partial charge in [0.2, 0.25) is 5.95 Å². The third-order valence-electron chi connectivity index (χ3n) is 7.86. The topological polar surface area (TPSA) is 127 Å². The Hall–Kier alpha value is -4.94. The van der Waals surface area contributed by atoms with E-state index >= 15 is 0 Å². The van der Waals surface area contributed by atoms with E-state index in [1.54, 1.807) is 34.0 Å². The molecule has 1 aliphatic heterocycles. The summed E-state index contributed by atoms with van der Waals surface area (Å²) in [4.78, 5) is 32.7. The SMILES string of the molecule is Cc1cc(-c2ccnn2C)cnc1-c1cc2cnc(Nc3ccc(NC4CCCNC4)cc3)nc2n(Cc2nccs2)c1=O. The lowest BCUT2D eigenvalue weighted by atomic mass is 10.0. The van der Waals surface area contributed by atoms with Gasteiger partial charge in [0.15, 0.2) is 0 Å². The van der Waals surface area contributed by atoms with E-state index in [1.165, 1.54) is 17.8 Å². The maximum atomic E-state index is 14.1. The number of aryl methyl sites for hydroxylation is 2. The molecule has 5 aromatic heterocycles. The van der Waals surface area contributed by atoms with Crippen LogP contribution in [0.4, 0.5) is 17.3 Å². The molecule has 0 saturated carbocycles. The number of hydrogen-bond acceptors (Lipinski definition) is 10. The van der Waals surface area contributed by atoms with Crippen LogP contribution >= 0.6 is 11.3 Å². The van der Waals surface area contributed by atoms with Gasteiger partial charge >= 0.3 is 0 Å². The zero-order valence-corrected chi connectivity index (χ0v) is 25.3. The molecule has 1 aliphatic rings. The van der Waals surface area contributed by atoms with E-state index in [9.17, 15) is 4.79 Å². The highest BCUT2D eigenvalue weighted by Crippen LogP contribution is 2.27. The minimum Gasteiger partial charge on any atom is -0.381 e. The number of pyridine rings is 2. The van der Waals surface area contributed by atoms with Crippen LogP contribution in [0.25, 0.3) is 33.5 Å². The third kappa shape index (κ3) is 5.69. The first-order valence-electron chi connectivity index (χ1n) is 14.6. The highest BCUT2D eigenvalue weighted by molar-refractivity contribution is 7.09. The molecular formula is C32H32N10OS. The Bertz CT molecular complexity index is 1980. The van der Waals surface area contributed by atoms with Crippen molar-refractivity contribution in [3.05, 3.63) is 93.6 Å². The monoisotopic (exact) mass is 604 g/mol. The summed E-state index contributed by atoms with van der Waals surface area (Å²) >= 11 is 1.50. The predicted octanol–water partition coefficient (Wildman–Crippen LogP) is 4.97. The van der Waals surface area contributed by atoms with E-state index in [4.69, 9.17) is 9.97 Å². The van der Waals surface area contributed by atoms with Gasteiger partial charge < -0.3 is 16.0 Å². The predicted molar refractivity (Wildman–Crippen MR) is 174 cm³/mol. The smallest absolute Gasteiger partial charge is 0.262 e. The molecule has 1 saturated heterocycles. The average molecular weight is 605 g/mol. The van der Waals surface area contributed by atoms with Gasteiger partial charge in [-0.1, -0.05) is 0 Å². The van der Waals surface area contributed by atoms with E-state index in [1.807, 2.05) is 49.7 Å². The number of hydrogen-bond donors (Lipinski definition) is 3. The number of thiazole rings is 1. The quantitative estimate of drug-likeness (QED) is 0.221. The van der Waals surface area contributed by atoms with Gasteiger partial charge in [-0.2, -0.15) is 10.1 Å². The molecule has 3 N–H and O–H groups in total. The summed E-state index contributed by atoms with van der Waals surface area (Å²) in [6.07, 6.45) is 9.37. The number of aromatic nitrogens is 7. The van der Waals surface area contributed by atoms with Crippen molar-refractivity contribution >= 4 is 39.7 Å². The lowest BCUT2D eigenvalue weighted by Crippen LogP contribution is -2.38. The minimum atomic E-state index is -0.186. The molecule has 7 rings (SSSR count). The zero-order valence-electron chi connectivity index (χ0n) is 24.5. The second-order valence-electron chi connectivity index (χ2n) is 11.0. The fourth-order valence-corrected chi connectivity index (χ4v) is 6.25. The first-order valence-corrected chi connectivity index (χ1v) is 15.5. The second kappa shape index (κ2) is 12.0. The molecule has 0 bridgehead atoms. The summed E-state index contributed by atoms with van der Waals surface area (Å²) in [5, 5.41) is 18.0. The Morgan fingerprint density at radius 1 is 1.05 bits per heavy atom. The molecule has 11 nitrogen and oxygen atoms in total.